The Morgan fingerprint density at radius 3 is 2.46 bits per heavy atom. The molecule has 0 saturated carbocycles. The minimum absolute atomic E-state index is 0.163. The number of ether oxygens (including phenoxy) is 4. The molecule has 0 saturated heterocycles. The first kappa shape index (κ1) is 22.8. The molecule has 178 valence electrons. The number of aromatic nitrogens is 2. The highest BCUT2D eigenvalue weighted by Gasteiger charge is 2.22. The normalized spacial score (nSPS) is 11.9. The summed E-state index contributed by atoms with van der Waals surface area (Å²) >= 11 is 6.20. The maximum absolute atomic E-state index is 12.9. The van der Waals surface area contributed by atoms with Crippen LogP contribution in [0.4, 0.5) is 0 Å². The summed E-state index contributed by atoms with van der Waals surface area (Å²) in [6.45, 7) is 0.850. The predicted molar refractivity (Wildman–Crippen MR) is 133 cm³/mol. The SMILES string of the molecule is COc1cc2c(cc1OC)-c1cc(Oc3ccc(Cl)cc3OCc3ccccc3)nc(=O)n1CC2. The average molecular weight is 491 g/mol. The highest BCUT2D eigenvalue weighted by Crippen LogP contribution is 2.39. The van der Waals surface area contributed by atoms with Crippen molar-refractivity contribution in [2.24, 2.45) is 0 Å². The van der Waals surface area contributed by atoms with Gasteiger partial charge in [0.1, 0.15) is 6.61 Å². The zero-order chi connectivity index (χ0) is 24.4. The van der Waals surface area contributed by atoms with Crippen molar-refractivity contribution in [2.75, 3.05) is 14.2 Å². The zero-order valence-corrected chi connectivity index (χ0v) is 20.0. The molecule has 1 aliphatic heterocycles. The Morgan fingerprint density at radius 1 is 0.914 bits per heavy atom. The maximum Gasteiger partial charge on any atom is 0.351 e. The van der Waals surface area contributed by atoms with Crippen LogP contribution in [-0.4, -0.2) is 23.8 Å². The lowest BCUT2D eigenvalue weighted by Crippen LogP contribution is -2.28. The van der Waals surface area contributed by atoms with Crippen LogP contribution < -0.4 is 24.6 Å². The summed E-state index contributed by atoms with van der Waals surface area (Å²) in [7, 11) is 3.18. The van der Waals surface area contributed by atoms with E-state index in [9.17, 15) is 4.79 Å². The summed E-state index contributed by atoms with van der Waals surface area (Å²) in [6.07, 6.45) is 0.680. The summed E-state index contributed by atoms with van der Waals surface area (Å²) in [6, 6.07) is 20.4. The number of aryl methyl sites for hydroxylation is 1. The topological polar surface area (TPSA) is 71.8 Å². The minimum atomic E-state index is -0.390. The van der Waals surface area contributed by atoms with Gasteiger partial charge in [0.15, 0.2) is 23.0 Å². The zero-order valence-electron chi connectivity index (χ0n) is 19.3. The van der Waals surface area contributed by atoms with Gasteiger partial charge in [0.2, 0.25) is 5.88 Å². The molecule has 0 aliphatic carbocycles. The van der Waals surface area contributed by atoms with Crippen LogP contribution in [0.5, 0.6) is 28.9 Å². The van der Waals surface area contributed by atoms with Crippen molar-refractivity contribution in [2.45, 2.75) is 19.6 Å². The van der Waals surface area contributed by atoms with E-state index >= 15 is 0 Å². The molecule has 0 fully saturated rings. The van der Waals surface area contributed by atoms with Crippen LogP contribution >= 0.6 is 11.6 Å². The number of nitrogens with zero attached hydrogens (tertiary/aromatic N) is 2. The maximum atomic E-state index is 12.9. The number of methoxy groups -OCH3 is 2. The number of hydrogen-bond acceptors (Lipinski definition) is 6. The first-order valence-electron chi connectivity index (χ1n) is 11.1. The fourth-order valence-electron chi connectivity index (χ4n) is 4.10. The molecule has 35 heavy (non-hydrogen) atoms. The van der Waals surface area contributed by atoms with Crippen LogP contribution in [0.3, 0.4) is 0 Å². The van der Waals surface area contributed by atoms with Gasteiger partial charge in [0, 0.05) is 29.3 Å². The molecule has 0 atom stereocenters. The van der Waals surface area contributed by atoms with Gasteiger partial charge in [0.05, 0.1) is 19.9 Å². The third-order valence-corrected chi connectivity index (χ3v) is 6.07. The molecule has 1 aromatic heterocycles. The van der Waals surface area contributed by atoms with Crippen LogP contribution in [-0.2, 0) is 19.6 Å². The van der Waals surface area contributed by atoms with E-state index in [-0.39, 0.29) is 5.88 Å². The second-order valence-electron chi connectivity index (χ2n) is 8.00. The largest absolute Gasteiger partial charge is 0.493 e. The summed E-state index contributed by atoms with van der Waals surface area (Å²) in [5.74, 6) is 2.25. The van der Waals surface area contributed by atoms with Gasteiger partial charge in [-0.25, -0.2) is 4.79 Å². The van der Waals surface area contributed by atoms with E-state index < -0.39 is 5.69 Å². The Labute approximate surface area is 207 Å². The van der Waals surface area contributed by atoms with Crippen molar-refractivity contribution < 1.29 is 18.9 Å². The summed E-state index contributed by atoms with van der Waals surface area (Å²) in [5, 5.41) is 0.508. The van der Waals surface area contributed by atoms with Gasteiger partial charge in [0.25, 0.3) is 0 Å². The van der Waals surface area contributed by atoms with E-state index in [1.807, 2.05) is 42.5 Å². The predicted octanol–water partition coefficient (Wildman–Crippen LogP) is 5.51. The van der Waals surface area contributed by atoms with Crippen molar-refractivity contribution in [3.8, 4) is 40.1 Å². The van der Waals surface area contributed by atoms with Gasteiger partial charge in [-0.3, -0.25) is 4.57 Å². The van der Waals surface area contributed by atoms with Crippen LogP contribution in [0.2, 0.25) is 5.02 Å². The fraction of sp³-hybridized carbons (Fsp3) is 0.185. The molecule has 0 amide bonds. The van der Waals surface area contributed by atoms with Gasteiger partial charge in [-0.2, -0.15) is 4.98 Å². The first-order valence-corrected chi connectivity index (χ1v) is 11.4. The van der Waals surface area contributed by atoms with Crippen LogP contribution in [0, 0.1) is 0 Å². The van der Waals surface area contributed by atoms with Gasteiger partial charge >= 0.3 is 5.69 Å². The number of halogens is 1. The summed E-state index contributed by atoms with van der Waals surface area (Å²) < 4.78 is 24.6. The smallest absolute Gasteiger partial charge is 0.351 e. The molecule has 1 aliphatic rings. The Morgan fingerprint density at radius 2 is 1.69 bits per heavy atom. The summed E-state index contributed by atoms with van der Waals surface area (Å²) in [5.41, 5.74) is 3.23. The van der Waals surface area contributed by atoms with E-state index in [2.05, 4.69) is 4.98 Å². The highest BCUT2D eigenvalue weighted by atomic mass is 35.5. The molecule has 5 rings (SSSR count). The molecule has 0 spiro atoms. The van der Waals surface area contributed by atoms with E-state index in [4.69, 9.17) is 30.5 Å². The molecule has 0 radical (unpaired) electrons. The Kier molecular flexibility index (Phi) is 6.33. The number of fused-ring (bicyclic) bond motifs is 3. The second-order valence-corrected chi connectivity index (χ2v) is 8.43. The molecular formula is C27H23ClN2O5. The van der Waals surface area contributed by atoms with E-state index in [1.165, 1.54) is 0 Å². The number of hydrogen-bond donors (Lipinski definition) is 0. The third kappa shape index (κ3) is 4.68. The van der Waals surface area contributed by atoms with Crippen molar-refractivity contribution in [1.29, 1.82) is 0 Å². The Bertz CT molecular complexity index is 1440. The van der Waals surface area contributed by atoms with Crippen LogP contribution in [0.25, 0.3) is 11.3 Å². The lowest BCUT2D eigenvalue weighted by Gasteiger charge is -2.23. The minimum Gasteiger partial charge on any atom is -0.493 e. The molecule has 3 aromatic carbocycles. The average Bonchev–Trinajstić information content (AvgIpc) is 2.88. The van der Waals surface area contributed by atoms with E-state index in [1.54, 1.807) is 43.1 Å². The van der Waals surface area contributed by atoms with Gasteiger partial charge in [-0.1, -0.05) is 41.9 Å². The van der Waals surface area contributed by atoms with Crippen molar-refractivity contribution in [3.63, 3.8) is 0 Å². The van der Waals surface area contributed by atoms with Crippen molar-refractivity contribution in [1.82, 2.24) is 9.55 Å². The number of benzene rings is 3. The molecule has 0 N–H and O–H groups in total. The summed E-state index contributed by atoms with van der Waals surface area (Å²) in [4.78, 5) is 17.0. The monoisotopic (exact) mass is 490 g/mol. The molecule has 0 bridgehead atoms. The molecule has 2 heterocycles. The first-order chi connectivity index (χ1) is 17.1. The Balaban J connectivity index is 1.49. The van der Waals surface area contributed by atoms with Gasteiger partial charge in [-0.05, 0) is 41.8 Å². The molecule has 8 heteroatoms. The van der Waals surface area contributed by atoms with Crippen molar-refractivity contribution in [3.05, 3.63) is 93.4 Å². The van der Waals surface area contributed by atoms with E-state index in [0.717, 1.165) is 16.7 Å². The van der Waals surface area contributed by atoms with Crippen molar-refractivity contribution >= 4 is 11.6 Å². The third-order valence-electron chi connectivity index (χ3n) is 5.84. The molecule has 4 aromatic rings. The lowest BCUT2D eigenvalue weighted by atomic mass is 9.97. The Hall–Kier alpha value is -3.97. The highest BCUT2D eigenvalue weighted by molar-refractivity contribution is 6.30. The second kappa shape index (κ2) is 9.72. The number of rotatable bonds is 7. The van der Waals surface area contributed by atoms with Gasteiger partial charge in [-0.15, -0.1) is 0 Å². The van der Waals surface area contributed by atoms with Gasteiger partial charge < -0.3 is 18.9 Å². The van der Waals surface area contributed by atoms with E-state index in [0.29, 0.717) is 53.3 Å². The molecule has 7 nitrogen and oxygen atoms in total. The quantitative estimate of drug-likeness (QED) is 0.340. The van der Waals surface area contributed by atoms with Crippen LogP contribution in [0.1, 0.15) is 11.1 Å². The van der Waals surface area contributed by atoms with Crippen LogP contribution in [0.15, 0.2) is 71.5 Å². The lowest BCUT2D eigenvalue weighted by molar-refractivity contribution is 0.290. The fourth-order valence-corrected chi connectivity index (χ4v) is 4.26. The molecule has 0 unspecified atom stereocenters. The molecular weight excluding hydrogens is 468 g/mol. The standard InChI is InChI=1S/C27H23ClN2O5/c1-32-23-12-18-10-11-30-21(20(18)14-24(23)33-2)15-26(29-27(30)31)35-22-9-8-19(28)13-25(22)34-16-17-6-4-3-5-7-17/h3-9,12-15H,10-11,16H2,1-2H3.